The molecule has 0 heterocycles. The maximum Gasteiger partial charge on any atom is 0.211 e. The number of benzene rings is 3. The van der Waals surface area contributed by atoms with Crippen LogP contribution in [-0.2, 0) is 0 Å². The first-order valence-electron chi connectivity index (χ1n) is 8.48. The maximum atomic E-state index is 5.23. The Labute approximate surface area is 184 Å². The second kappa shape index (κ2) is 11.0. The van der Waals surface area contributed by atoms with Gasteiger partial charge in [-0.15, -0.1) is 17.5 Å². The van der Waals surface area contributed by atoms with E-state index in [1.807, 2.05) is 60.7 Å². The third-order valence-corrected chi connectivity index (χ3v) is 4.50. The van der Waals surface area contributed by atoms with Crippen molar-refractivity contribution in [2.45, 2.75) is 0 Å². The van der Waals surface area contributed by atoms with Gasteiger partial charge in [-0.25, -0.2) is 0 Å². The summed E-state index contributed by atoms with van der Waals surface area (Å²) in [5.41, 5.74) is 18.5. The van der Waals surface area contributed by atoms with E-state index in [4.69, 9.17) is 11.5 Å². The molecule has 3 aromatic rings. The van der Waals surface area contributed by atoms with Crippen LogP contribution in [0.1, 0.15) is 11.1 Å². The van der Waals surface area contributed by atoms with Crippen molar-refractivity contribution in [3.05, 3.63) is 88.4 Å². The van der Waals surface area contributed by atoms with Crippen LogP contribution in [0.3, 0.4) is 0 Å². The Hall–Kier alpha value is -3.16. The van der Waals surface area contributed by atoms with E-state index in [-0.39, 0.29) is 18.4 Å². The molecule has 0 saturated heterocycles. The highest BCUT2D eigenvalue weighted by Crippen LogP contribution is 2.21. The molecule has 29 heavy (non-hydrogen) atoms. The molecule has 0 radical (unpaired) electrons. The molecule has 8 heteroatoms. The third-order valence-electron chi connectivity index (χ3n) is 3.81. The fourth-order valence-electron chi connectivity index (χ4n) is 2.41. The summed E-state index contributed by atoms with van der Waals surface area (Å²) in [6.45, 7) is 0. The van der Waals surface area contributed by atoms with Gasteiger partial charge < -0.3 is 11.5 Å². The predicted octanol–water partition coefficient (Wildman–Crippen LogP) is 4.59. The van der Waals surface area contributed by atoms with Gasteiger partial charge in [-0.05, 0) is 50.3 Å². The molecule has 0 unspecified atom stereocenters. The number of halogens is 2. The smallest absolute Gasteiger partial charge is 0.211 e. The Morgan fingerprint density at radius 1 is 0.793 bits per heavy atom. The van der Waals surface area contributed by atoms with Crippen molar-refractivity contribution in [2.24, 2.45) is 26.8 Å². The van der Waals surface area contributed by atoms with Crippen LogP contribution in [0.5, 0.6) is 0 Å². The number of hydrazone groups is 1. The van der Waals surface area contributed by atoms with E-state index >= 15 is 0 Å². The topological polar surface area (TPSA) is 101 Å². The molecular formula is C21H20BrClN6. The minimum absolute atomic E-state index is 0. The Balaban J connectivity index is 0.00000300. The van der Waals surface area contributed by atoms with Crippen molar-refractivity contribution >= 4 is 52.4 Å². The maximum absolute atomic E-state index is 5.23. The fraction of sp³-hybridized carbons (Fsp3) is 0. The first-order chi connectivity index (χ1) is 13.6. The summed E-state index contributed by atoms with van der Waals surface area (Å²) in [5, 5.41) is 11.7. The van der Waals surface area contributed by atoms with Gasteiger partial charge in [-0.2, -0.15) is 10.2 Å². The Kier molecular flexibility index (Phi) is 8.39. The number of nitrogens with two attached hydrogens (primary N) is 2. The number of guanidine groups is 1. The monoisotopic (exact) mass is 470 g/mol. The Morgan fingerprint density at radius 3 is 1.90 bits per heavy atom. The summed E-state index contributed by atoms with van der Waals surface area (Å²) in [4.78, 5) is 0. The second-order valence-corrected chi connectivity index (χ2v) is 6.72. The van der Waals surface area contributed by atoms with Crippen molar-refractivity contribution in [3.63, 3.8) is 0 Å². The molecule has 0 aliphatic heterocycles. The van der Waals surface area contributed by atoms with E-state index in [0.29, 0.717) is 0 Å². The van der Waals surface area contributed by atoms with E-state index in [1.165, 1.54) is 0 Å². The van der Waals surface area contributed by atoms with Gasteiger partial charge in [0.25, 0.3) is 0 Å². The summed E-state index contributed by atoms with van der Waals surface area (Å²) in [6, 6.07) is 23.9. The molecule has 0 amide bonds. The summed E-state index contributed by atoms with van der Waals surface area (Å²) in [7, 11) is 0. The summed E-state index contributed by atoms with van der Waals surface area (Å²) < 4.78 is 0.967. The van der Waals surface area contributed by atoms with Gasteiger partial charge in [0.2, 0.25) is 5.96 Å². The zero-order valence-electron chi connectivity index (χ0n) is 15.4. The molecule has 0 atom stereocenters. The number of rotatable bonds is 6. The van der Waals surface area contributed by atoms with Crippen molar-refractivity contribution in [2.75, 3.05) is 5.43 Å². The Morgan fingerprint density at radius 2 is 1.34 bits per heavy atom. The normalized spacial score (nSPS) is 10.7. The number of hydrogen-bond donors (Lipinski definition) is 3. The molecular weight excluding hydrogens is 452 g/mol. The van der Waals surface area contributed by atoms with Crippen LogP contribution in [0.15, 0.2) is 92.6 Å². The largest absolute Gasteiger partial charge is 0.369 e. The summed E-state index contributed by atoms with van der Waals surface area (Å²) >= 11 is 3.48. The molecule has 0 spiro atoms. The van der Waals surface area contributed by atoms with Crippen LogP contribution in [0, 0.1) is 0 Å². The average molecular weight is 472 g/mol. The van der Waals surface area contributed by atoms with Gasteiger partial charge in [-0.3, -0.25) is 5.43 Å². The molecule has 0 fully saturated rings. The fourth-order valence-corrected chi connectivity index (χ4v) is 2.79. The number of anilines is 1. The van der Waals surface area contributed by atoms with Gasteiger partial charge in [0, 0.05) is 4.47 Å². The lowest BCUT2D eigenvalue weighted by atomic mass is 10.0. The first-order valence-corrected chi connectivity index (χ1v) is 9.27. The lowest BCUT2D eigenvalue weighted by Gasteiger charge is -2.04. The molecule has 0 aliphatic rings. The molecule has 5 N–H and O–H groups in total. The Bertz CT molecular complexity index is 1010. The highest BCUT2D eigenvalue weighted by Gasteiger charge is 1.98. The lowest BCUT2D eigenvalue weighted by Crippen LogP contribution is -2.21. The minimum Gasteiger partial charge on any atom is -0.369 e. The quantitative estimate of drug-likeness (QED) is 0.278. The lowest BCUT2D eigenvalue weighted by molar-refractivity contribution is 1.21. The summed E-state index contributed by atoms with van der Waals surface area (Å²) in [5.74, 6) is -0.0666. The van der Waals surface area contributed by atoms with E-state index in [9.17, 15) is 0 Å². The zero-order chi connectivity index (χ0) is 19.8. The van der Waals surface area contributed by atoms with Crippen LogP contribution in [-0.4, -0.2) is 18.4 Å². The first kappa shape index (κ1) is 22.1. The van der Waals surface area contributed by atoms with E-state index < -0.39 is 0 Å². The standard InChI is InChI=1S/C21H19BrN6.ClH/c22-19-3-1-2-4-20(19)27-25-13-15-5-9-17(10-6-15)18-11-7-16(8-12-18)14-26-28-21(23)24;/h1-14,27H,(H4,23,24,28);1H/b25-13+,26-14+;. The molecule has 0 aromatic heterocycles. The molecule has 3 aromatic carbocycles. The predicted molar refractivity (Wildman–Crippen MR) is 128 cm³/mol. The molecule has 148 valence electrons. The van der Waals surface area contributed by atoms with Gasteiger partial charge >= 0.3 is 0 Å². The number of nitrogens with one attached hydrogen (secondary N) is 1. The van der Waals surface area contributed by atoms with Crippen LogP contribution < -0.4 is 16.9 Å². The summed E-state index contributed by atoms with van der Waals surface area (Å²) in [6.07, 6.45) is 3.38. The molecule has 6 nitrogen and oxygen atoms in total. The second-order valence-electron chi connectivity index (χ2n) is 5.86. The average Bonchev–Trinajstić information content (AvgIpc) is 2.70. The van der Waals surface area contributed by atoms with Crippen molar-refractivity contribution in [1.82, 2.24) is 0 Å². The molecule has 0 bridgehead atoms. The van der Waals surface area contributed by atoms with Gasteiger partial charge in [0.15, 0.2) is 0 Å². The van der Waals surface area contributed by atoms with Gasteiger partial charge in [-0.1, -0.05) is 60.7 Å². The van der Waals surface area contributed by atoms with Crippen molar-refractivity contribution in [1.29, 1.82) is 0 Å². The minimum atomic E-state index is -0.0666. The zero-order valence-corrected chi connectivity index (χ0v) is 17.8. The van der Waals surface area contributed by atoms with Gasteiger partial charge in [0.1, 0.15) is 0 Å². The molecule has 0 saturated carbocycles. The highest BCUT2D eigenvalue weighted by molar-refractivity contribution is 9.10. The molecule has 0 aliphatic carbocycles. The van der Waals surface area contributed by atoms with Crippen LogP contribution in [0.25, 0.3) is 11.1 Å². The van der Waals surface area contributed by atoms with E-state index in [1.54, 1.807) is 12.4 Å². The SMILES string of the molecule is Cl.NC(N)=N/N=C/c1ccc(-c2ccc(/C=N/Nc3ccccc3Br)cc2)cc1. The van der Waals surface area contributed by atoms with E-state index in [2.05, 4.69) is 48.8 Å². The van der Waals surface area contributed by atoms with Crippen LogP contribution in [0.2, 0.25) is 0 Å². The van der Waals surface area contributed by atoms with Crippen molar-refractivity contribution in [3.8, 4) is 11.1 Å². The van der Waals surface area contributed by atoms with Crippen LogP contribution in [0.4, 0.5) is 5.69 Å². The molecule has 3 rings (SSSR count). The van der Waals surface area contributed by atoms with Crippen molar-refractivity contribution < 1.29 is 0 Å². The number of hydrogen-bond acceptors (Lipinski definition) is 4. The third kappa shape index (κ3) is 6.74. The van der Waals surface area contributed by atoms with Crippen LogP contribution >= 0.6 is 28.3 Å². The number of para-hydroxylation sites is 1. The van der Waals surface area contributed by atoms with E-state index in [0.717, 1.165) is 32.4 Å². The van der Waals surface area contributed by atoms with Gasteiger partial charge in [0.05, 0.1) is 18.1 Å². The highest BCUT2D eigenvalue weighted by atomic mass is 79.9. The number of nitrogens with zero attached hydrogens (tertiary/aromatic N) is 3.